The maximum Gasteiger partial charge on any atom is 0.416 e. The van der Waals surface area contributed by atoms with E-state index in [1.54, 1.807) is 0 Å². The molecule has 0 saturated carbocycles. The lowest BCUT2D eigenvalue weighted by Gasteiger charge is -2.22. The summed E-state index contributed by atoms with van der Waals surface area (Å²) in [5.41, 5.74) is -1.26. The molecule has 1 aliphatic heterocycles. The molecule has 1 heterocycles. The largest absolute Gasteiger partial charge is 0.508 e. The molecule has 1 aromatic carbocycles. The van der Waals surface area contributed by atoms with Crippen molar-refractivity contribution in [3.8, 4) is 5.75 Å². The van der Waals surface area contributed by atoms with E-state index in [1.807, 2.05) is 0 Å². The zero-order valence-electron chi connectivity index (χ0n) is 11.2. The van der Waals surface area contributed by atoms with Gasteiger partial charge in [-0.3, -0.25) is 4.79 Å². The maximum absolute atomic E-state index is 12.6. The van der Waals surface area contributed by atoms with E-state index in [1.165, 1.54) is 0 Å². The lowest BCUT2D eigenvalue weighted by molar-refractivity contribution is -0.137. The maximum atomic E-state index is 12.6. The van der Waals surface area contributed by atoms with Crippen LogP contribution in [0.2, 0.25) is 0 Å². The van der Waals surface area contributed by atoms with Crippen LogP contribution in [0, 0.1) is 5.92 Å². The minimum atomic E-state index is -4.61. The Labute approximate surface area is 119 Å². The van der Waals surface area contributed by atoms with Gasteiger partial charge in [0.05, 0.1) is 12.2 Å². The third-order valence-corrected chi connectivity index (χ3v) is 3.31. The number of ether oxygens (including phenoxy) is 1. The van der Waals surface area contributed by atoms with Crippen LogP contribution in [-0.2, 0) is 10.9 Å². The molecule has 2 N–H and O–H groups in total. The van der Waals surface area contributed by atoms with Crippen molar-refractivity contribution in [3.05, 3.63) is 29.3 Å². The molecule has 0 aromatic heterocycles. The molecule has 1 aliphatic rings. The Morgan fingerprint density at radius 3 is 2.76 bits per heavy atom. The van der Waals surface area contributed by atoms with Crippen LogP contribution < -0.4 is 5.32 Å². The zero-order chi connectivity index (χ0) is 15.5. The van der Waals surface area contributed by atoms with Gasteiger partial charge in [0.25, 0.3) is 5.91 Å². The van der Waals surface area contributed by atoms with Gasteiger partial charge in [-0.05, 0) is 37.0 Å². The quantitative estimate of drug-likeness (QED) is 0.902. The van der Waals surface area contributed by atoms with Crippen LogP contribution in [0.1, 0.15) is 28.8 Å². The molecule has 4 nitrogen and oxygen atoms in total. The van der Waals surface area contributed by atoms with Crippen LogP contribution in [0.4, 0.5) is 13.2 Å². The molecule has 0 spiro atoms. The van der Waals surface area contributed by atoms with Gasteiger partial charge < -0.3 is 15.2 Å². The molecule has 7 heteroatoms. The van der Waals surface area contributed by atoms with Crippen molar-refractivity contribution in [2.24, 2.45) is 5.92 Å². The first-order valence-electron chi connectivity index (χ1n) is 6.63. The van der Waals surface area contributed by atoms with E-state index in [4.69, 9.17) is 4.74 Å². The van der Waals surface area contributed by atoms with Crippen LogP contribution in [0.5, 0.6) is 5.75 Å². The van der Waals surface area contributed by atoms with Crippen LogP contribution in [-0.4, -0.2) is 30.8 Å². The van der Waals surface area contributed by atoms with E-state index in [2.05, 4.69) is 5.32 Å². The number of carbonyl (C=O) groups is 1. The standard InChI is InChI=1S/C14H16F3NO3/c15-14(16,17)11-4-10(5-12(19)6-11)13(20)18-7-9-2-1-3-21-8-9/h4-6,9,19H,1-3,7-8H2,(H,18,20)/t9-/m1/s1. The molecule has 116 valence electrons. The highest BCUT2D eigenvalue weighted by Crippen LogP contribution is 2.32. The molecular formula is C14H16F3NO3. The average Bonchev–Trinajstić information content (AvgIpc) is 2.44. The van der Waals surface area contributed by atoms with E-state index in [0.717, 1.165) is 25.0 Å². The number of phenols is 1. The van der Waals surface area contributed by atoms with Gasteiger partial charge in [0.15, 0.2) is 0 Å². The Morgan fingerprint density at radius 1 is 1.38 bits per heavy atom. The number of alkyl halides is 3. The summed E-state index contributed by atoms with van der Waals surface area (Å²) in [5, 5.41) is 11.9. The van der Waals surface area contributed by atoms with E-state index in [-0.39, 0.29) is 11.5 Å². The second kappa shape index (κ2) is 6.34. The first-order chi connectivity index (χ1) is 9.86. The number of amides is 1. The fourth-order valence-corrected chi connectivity index (χ4v) is 2.21. The highest BCUT2D eigenvalue weighted by atomic mass is 19.4. The van der Waals surface area contributed by atoms with Crippen molar-refractivity contribution in [3.63, 3.8) is 0 Å². The molecule has 1 amide bonds. The monoisotopic (exact) mass is 303 g/mol. The van der Waals surface area contributed by atoms with E-state index < -0.39 is 23.4 Å². The normalized spacial score (nSPS) is 19.3. The van der Waals surface area contributed by atoms with Gasteiger partial charge in [0.2, 0.25) is 0 Å². The minimum Gasteiger partial charge on any atom is -0.508 e. The predicted octanol–water partition coefficient (Wildman–Crippen LogP) is 2.57. The second-order valence-corrected chi connectivity index (χ2v) is 5.06. The lowest BCUT2D eigenvalue weighted by atomic mass is 10.0. The first kappa shape index (κ1) is 15.6. The number of halogens is 3. The number of benzene rings is 1. The highest BCUT2D eigenvalue weighted by Gasteiger charge is 2.32. The Bertz CT molecular complexity index is 511. The third-order valence-electron chi connectivity index (χ3n) is 3.31. The minimum absolute atomic E-state index is 0.169. The molecule has 0 bridgehead atoms. The first-order valence-corrected chi connectivity index (χ1v) is 6.63. The van der Waals surface area contributed by atoms with Gasteiger partial charge in [-0.1, -0.05) is 0 Å². The summed E-state index contributed by atoms with van der Waals surface area (Å²) >= 11 is 0. The SMILES string of the molecule is O=C(NC[C@H]1CCCOC1)c1cc(O)cc(C(F)(F)F)c1. The number of phenolic OH excluding ortho intramolecular Hbond substituents is 1. The molecule has 1 atom stereocenters. The summed E-state index contributed by atoms with van der Waals surface area (Å²) in [6.45, 7) is 1.58. The Hall–Kier alpha value is -1.76. The van der Waals surface area contributed by atoms with Crippen LogP contribution in [0.25, 0.3) is 0 Å². The molecule has 0 radical (unpaired) electrons. The van der Waals surface area contributed by atoms with Crippen LogP contribution in [0.15, 0.2) is 18.2 Å². The Balaban J connectivity index is 2.03. The van der Waals surface area contributed by atoms with Crippen LogP contribution in [0.3, 0.4) is 0 Å². The van der Waals surface area contributed by atoms with Crippen molar-refractivity contribution in [2.45, 2.75) is 19.0 Å². The molecule has 1 aromatic rings. The van der Waals surface area contributed by atoms with E-state index in [0.29, 0.717) is 25.8 Å². The summed E-state index contributed by atoms with van der Waals surface area (Å²) in [6.07, 6.45) is -2.79. The predicted molar refractivity (Wildman–Crippen MR) is 69.0 cm³/mol. The molecule has 2 rings (SSSR count). The molecular weight excluding hydrogens is 287 g/mol. The summed E-state index contributed by atoms with van der Waals surface area (Å²) in [6, 6.07) is 2.33. The van der Waals surface area contributed by atoms with Gasteiger partial charge in [-0.2, -0.15) is 13.2 Å². The van der Waals surface area contributed by atoms with Crippen molar-refractivity contribution in [2.75, 3.05) is 19.8 Å². The van der Waals surface area contributed by atoms with Gasteiger partial charge in [0.1, 0.15) is 5.75 Å². The number of rotatable bonds is 3. The highest BCUT2D eigenvalue weighted by molar-refractivity contribution is 5.94. The van der Waals surface area contributed by atoms with Gasteiger partial charge in [-0.25, -0.2) is 0 Å². The number of carbonyl (C=O) groups excluding carboxylic acids is 1. The summed E-state index contributed by atoms with van der Waals surface area (Å²) in [5.74, 6) is -1.06. The molecule has 0 aliphatic carbocycles. The average molecular weight is 303 g/mol. The van der Waals surface area contributed by atoms with Gasteiger partial charge in [-0.15, -0.1) is 0 Å². The van der Waals surface area contributed by atoms with Crippen molar-refractivity contribution < 1.29 is 27.8 Å². The Morgan fingerprint density at radius 2 is 2.14 bits per heavy atom. The summed E-state index contributed by atoms with van der Waals surface area (Å²) in [4.78, 5) is 11.9. The van der Waals surface area contributed by atoms with Crippen LogP contribution >= 0.6 is 0 Å². The lowest BCUT2D eigenvalue weighted by Crippen LogP contribution is -2.33. The molecule has 21 heavy (non-hydrogen) atoms. The summed E-state index contributed by atoms with van der Waals surface area (Å²) in [7, 11) is 0. The molecule has 1 saturated heterocycles. The number of hydrogen-bond donors (Lipinski definition) is 2. The number of nitrogens with one attached hydrogen (secondary N) is 1. The van der Waals surface area contributed by atoms with Crippen molar-refractivity contribution >= 4 is 5.91 Å². The fraction of sp³-hybridized carbons (Fsp3) is 0.500. The van der Waals surface area contributed by atoms with Crippen molar-refractivity contribution in [1.29, 1.82) is 0 Å². The molecule has 0 unspecified atom stereocenters. The van der Waals surface area contributed by atoms with Gasteiger partial charge >= 0.3 is 6.18 Å². The zero-order valence-corrected chi connectivity index (χ0v) is 11.2. The molecule has 1 fully saturated rings. The number of hydrogen-bond acceptors (Lipinski definition) is 3. The topological polar surface area (TPSA) is 58.6 Å². The van der Waals surface area contributed by atoms with E-state index in [9.17, 15) is 23.1 Å². The van der Waals surface area contributed by atoms with Crippen molar-refractivity contribution in [1.82, 2.24) is 5.32 Å². The summed E-state index contributed by atoms with van der Waals surface area (Å²) < 4.78 is 43.1. The third kappa shape index (κ3) is 4.35. The smallest absolute Gasteiger partial charge is 0.416 e. The fourth-order valence-electron chi connectivity index (χ4n) is 2.21. The van der Waals surface area contributed by atoms with Gasteiger partial charge in [0, 0.05) is 18.7 Å². The number of aromatic hydroxyl groups is 1. The van der Waals surface area contributed by atoms with E-state index >= 15 is 0 Å². The second-order valence-electron chi connectivity index (χ2n) is 5.06. The Kier molecular flexibility index (Phi) is 4.72.